The summed E-state index contributed by atoms with van der Waals surface area (Å²) in [4.78, 5) is 13.5. The van der Waals surface area contributed by atoms with Crippen LogP contribution in [0.2, 0.25) is 0 Å². The molecule has 0 atom stereocenters. The van der Waals surface area contributed by atoms with Gasteiger partial charge in [0.1, 0.15) is 0 Å². The smallest absolute Gasteiger partial charge is 0.230 e. The SMILES string of the molecule is CSCC(=O)NCCN1CCNCC1. The lowest BCUT2D eigenvalue weighted by atomic mass is 10.3. The van der Waals surface area contributed by atoms with Gasteiger partial charge in [0.05, 0.1) is 5.75 Å². The van der Waals surface area contributed by atoms with E-state index in [1.807, 2.05) is 6.26 Å². The number of thioether (sulfide) groups is 1. The second kappa shape index (κ2) is 7.09. The Labute approximate surface area is 89.8 Å². The van der Waals surface area contributed by atoms with Crippen molar-refractivity contribution in [2.45, 2.75) is 0 Å². The molecule has 0 aromatic carbocycles. The topological polar surface area (TPSA) is 44.4 Å². The molecule has 14 heavy (non-hydrogen) atoms. The second-order valence-electron chi connectivity index (χ2n) is 3.37. The first-order valence-corrected chi connectivity index (χ1v) is 6.41. The molecule has 4 nitrogen and oxygen atoms in total. The van der Waals surface area contributed by atoms with Gasteiger partial charge in [0.2, 0.25) is 5.91 Å². The number of hydrogen-bond acceptors (Lipinski definition) is 4. The largest absolute Gasteiger partial charge is 0.354 e. The van der Waals surface area contributed by atoms with E-state index in [0.29, 0.717) is 5.75 Å². The van der Waals surface area contributed by atoms with Crippen LogP contribution in [-0.2, 0) is 4.79 Å². The van der Waals surface area contributed by atoms with Crippen molar-refractivity contribution in [1.29, 1.82) is 0 Å². The number of nitrogens with zero attached hydrogens (tertiary/aromatic N) is 1. The Morgan fingerprint density at radius 2 is 2.21 bits per heavy atom. The van der Waals surface area contributed by atoms with E-state index in [1.54, 1.807) is 11.8 Å². The Balaban J connectivity index is 1.99. The van der Waals surface area contributed by atoms with Crippen LogP contribution in [0.4, 0.5) is 0 Å². The van der Waals surface area contributed by atoms with Crippen molar-refractivity contribution in [2.24, 2.45) is 0 Å². The Morgan fingerprint density at radius 3 is 2.86 bits per heavy atom. The van der Waals surface area contributed by atoms with E-state index in [4.69, 9.17) is 0 Å². The molecular formula is C9H19N3OS. The van der Waals surface area contributed by atoms with Crippen molar-refractivity contribution in [3.63, 3.8) is 0 Å². The summed E-state index contributed by atoms with van der Waals surface area (Å²) in [5.41, 5.74) is 0. The summed E-state index contributed by atoms with van der Waals surface area (Å²) in [5.74, 6) is 0.717. The van der Waals surface area contributed by atoms with Gasteiger partial charge < -0.3 is 10.6 Å². The lowest BCUT2D eigenvalue weighted by Gasteiger charge is -2.27. The lowest BCUT2D eigenvalue weighted by molar-refractivity contribution is -0.118. The summed E-state index contributed by atoms with van der Waals surface area (Å²) >= 11 is 1.56. The quantitative estimate of drug-likeness (QED) is 0.644. The van der Waals surface area contributed by atoms with Crippen LogP contribution in [0.15, 0.2) is 0 Å². The zero-order valence-electron chi connectivity index (χ0n) is 8.71. The standard InChI is InChI=1S/C9H19N3OS/c1-14-8-9(13)11-4-7-12-5-2-10-3-6-12/h10H,2-8H2,1H3,(H,11,13). The number of carbonyl (C=O) groups is 1. The van der Waals surface area contributed by atoms with Crippen LogP contribution in [-0.4, -0.2) is 62.1 Å². The third-order valence-electron chi connectivity index (χ3n) is 2.24. The third-order valence-corrected chi connectivity index (χ3v) is 2.79. The van der Waals surface area contributed by atoms with Gasteiger partial charge in [-0.05, 0) is 6.26 Å². The fraction of sp³-hybridized carbons (Fsp3) is 0.889. The van der Waals surface area contributed by atoms with Crippen molar-refractivity contribution >= 4 is 17.7 Å². The maximum atomic E-state index is 11.1. The Hall–Kier alpha value is -0.260. The molecule has 0 bridgehead atoms. The van der Waals surface area contributed by atoms with Crippen molar-refractivity contribution in [2.75, 3.05) is 51.3 Å². The maximum absolute atomic E-state index is 11.1. The normalized spacial score (nSPS) is 18.1. The van der Waals surface area contributed by atoms with Gasteiger partial charge >= 0.3 is 0 Å². The predicted molar refractivity (Wildman–Crippen MR) is 60.7 cm³/mol. The first kappa shape index (κ1) is 11.8. The fourth-order valence-electron chi connectivity index (χ4n) is 1.47. The highest BCUT2D eigenvalue weighted by Crippen LogP contribution is 1.91. The minimum atomic E-state index is 0.146. The Morgan fingerprint density at radius 1 is 1.50 bits per heavy atom. The van der Waals surface area contributed by atoms with E-state index in [0.717, 1.165) is 39.3 Å². The minimum absolute atomic E-state index is 0.146. The monoisotopic (exact) mass is 217 g/mol. The van der Waals surface area contributed by atoms with Crippen LogP contribution in [0.5, 0.6) is 0 Å². The number of piperazine rings is 1. The van der Waals surface area contributed by atoms with Gasteiger partial charge in [-0.25, -0.2) is 0 Å². The molecule has 1 rings (SSSR count). The predicted octanol–water partition coefficient (Wildman–Crippen LogP) is -0.629. The summed E-state index contributed by atoms with van der Waals surface area (Å²) in [6.45, 7) is 6.08. The zero-order chi connectivity index (χ0) is 10.2. The van der Waals surface area contributed by atoms with Crippen LogP contribution < -0.4 is 10.6 Å². The van der Waals surface area contributed by atoms with Crippen molar-refractivity contribution in [1.82, 2.24) is 15.5 Å². The van der Waals surface area contributed by atoms with Gasteiger partial charge in [-0.2, -0.15) is 11.8 Å². The van der Waals surface area contributed by atoms with E-state index in [1.165, 1.54) is 0 Å². The molecule has 2 N–H and O–H groups in total. The van der Waals surface area contributed by atoms with Crippen LogP contribution in [0.1, 0.15) is 0 Å². The molecule has 1 aliphatic heterocycles. The van der Waals surface area contributed by atoms with E-state index < -0.39 is 0 Å². The number of carbonyl (C=O) groups excluding carboxylic acids is 1. The van der Waals surface area contributed by atoms with E-state index in [-0.39, 0.29) is 5.91 Å². The highest BCUT2D eigenvalue weighted by molar-refractivity contribution is 7.99. The number of nitrogens with one attached hydrogen (secondary N) is 2. The summed E-state index contributed by atoms with van der Waals surface area (Å²) in [6.07, 6.45) is 1.94. The van der Waals surface area contributed by atoms with Crippen LogP contribution in [0.3, 0.4) is 0 Å². The number of hydrogen-bond donors (Lipinski definition) is 2. The van der Waals surface area contributed by atoms with Gasteiger partial charge in [-0.1, -0.05) is 0 Å². The van der Waals surface area contributed by atoms with E-state index in [2.05, 4.69) is 15.5 Å². The van der Waals surface area contributed by atoms with Crippen LogP contribution >= 0.6 is 11.8 Å². The molecule has 0 radical (unpaired) electrons. The molecule has 1 fully saturated rings. The molecule has 0 unspecified atom stereocenters. The molecule has 0 saturated carbocycles. The van der Waals surface area contributed by atoms with Crippen molar-refractivity contribution < 1.29 is 4.79 Å². The highest BCUT2D eigenvalue weighted by atomic mass is 32.2. The Kier molecular flexibility index (Phi) is 5.98. The Bertz CT molecular complexity index is 171. The molecule has 0 spiro atoms. The number of rotatable bonds is 5. The molecule has 1 heterocycles. The minimum Gasteiger partial charge on any atom is -0.354 e. The van der Waals surface area contributed by atoms with Crippen LogP contribution in [0, 0.1) is 0 Å². The summed E-state index contributed by atoms with van der Waals surface area (Å²) in [6, 6.07) is 0. The molecule has 0 aromatic rings. The third kappa shape index (κ3) is 4.83. The van der Waals surface area contributed by atoms with Gasteiger partial charge in [-0.15, -0.1) is 0 Å². The van der Waals surface area contributed by atoms with Crippen molar-refractivity contribution in [3.8, 4) is 0 Å². The first-order valence-electron chi connectivity index (χ1n) is 5.01. The lowest BCUT2D eigenvalue weighted by Crippen LogP contribution is -2.46. The summed E-state index contributed by atoms with van der Waals surface area (Å²) in [5, 5.41) is 6.21. The van der Waals surface area contributed by atoms with Gasteiger partial charge in [0, 0.05) is 39.3 Å². The van der Waals surface area contributed by atoms with Gasteiger partial charge in [-0.3, -0.25) is 9.69 Å². The molecule has 1 saturated heterocycles. The van der Waals surface area contributed by atoms with Crippen LogP contribution in [0.25, 0.3) is 0 Å². The molecule has 82 valence electrons. The summed E-state index contributed by atoms with van der Waals surface area (Å²) in [7, 11) is 0. The summed E-state index contributed by atoms with van der Waals surface area (Å²) < 4.78 is 0. The number of amides is 1. The second-order valence-corrected chi connectivity index (χ2v) is 4.24. The molecule has 1 amide bonds. The maximum Gasteiger partial charge on any atom is 0.230 e. The average molecular weight is 217 g/mol. The van der Waals surface area contributed by atoms with Gasteiger partial charge in [0.25, 0.3) is 0 Å². The molecule has 0 aliphatic carbocycles. The molecular weight excluding hydrogens is 198 g/mol. The zero-order valence-corrected chi connectivity index (χ0v) is 9.53. The first-order chi connectivity index (χ1) is 6.83. The highest BCUT2D eigenvalue weighted by Gasteiger charge is 2.08. The molecule has 1 aliphatic rings. The van der Waals surface area contributed by atoms with Gasteiger partial charge in [0.15, 0.2) is 0 Å². The molecule has 5 heteroatoms. The van der Waals surface area contributed by atoms with E-state index >= 15 is 0 Å². The fourth-order valence-corrected chi connectivity index (χ4v) is 1.83. The average Bonchev–Trinajstić information content (AvgIpc) is 2.20. The molecule has 0 aromatic heterocycles. The van der Waals surface area contributed by atoms with Crippen molar-refractivity contribution in [3.05, 3.63) is 0 Å². The van der Waals surface area contributed by atoms with E-state index in [9.17, 15) is 4.79 Å².